The van der Waals surface area contributed by atoms with Crippen LogP contribution in [0.1, 0.15) is 12.0 Å². The van der Waals surface area contributed by atoms with E-state index in [9.17, 15) is 5.11 Å². The van der Waals surface area contributed by atoms with Crippen LogP contribution in [0.25, 0.3) is 0 Å². The molecule has 0 saturated carbocycles. The SMILES string of the molecule is COc1cc(CN2CCN(c3ccc(Cl)cn3)CC2CCO)cc(OC)c1. The Balaban J connectivity index is 1.73. The molecular formula is C20H26ClN3O3. The summed E-state index contributed by atoms with van der Waals surface area (Å²) in [7, 11) is 3.32. The van der Waals surface area contributed by atoms with Gasteiger partial charge in [0, 0.05) is 51.1 Å². The zero-order valence-electron chi connectivity index (χ0n) is 15.8. The molecule has 3 rings (SSSR count). The van der Waals surface area contributed by atoms with Crippen molar-refractivity contribution in [2.24, 2.45) is 0 Å². The smallest absolute Gasteiger partial charge is 0.128 e. The Morgan fingerprint density at radius 2 is 1.89 bits per heavy atom. The molecule has 0 bridgehead atoms. The Morgan fingerprint density at radius 3 is 2.48 bits per heavy atom. The number of benzene rings is 1. The standard InChI is InChI=1S/C20H26ClN3O3/c1-26-18-9-15(10-19(11-18)27-2)13-23-6-7-24(14-17(23)5-8-25)20-4-3-16(21)12-22-20/h3-4,9-12,17,25H,5-8,13-14H2,1-2H3. The number of anilines is 1. The van der Waals surface area contributed by atoms with Crippen molar-refractivity contribution < 1.29 is 14.6 Å². The molecule has 1 atom stereocenters. The topological polar surface area (TPSA) is 58.1 Å². The summed E-state index contributed by atoms with van der Waals surface area (Å²) in [6, 6.07) is 9.98. The molecule has 1 aliphatic heterocycles. The van der Waals surface area contributed by atoms with Gasteiger partial charge in [0.2, 0.25) is 0 Å². The molecular weight excluding hydrogens is 366 g/mol. The Kier molecular flexibility index (Phi) is 6.77. The lowest BCUT2D eigenvalue weighted by molar-refractivity contribution is 0.135. The van der Waals surface area contributed by atoms with Crippen molar-refractivity contribution in [3.05, 3.63) is 47.1 Å². The Morgan fingerprint density at radius 1 is 1.15 bits per heavy atom. The normalized spacial score (nSPS) is 17.8. The van der Waals surface area contributed by atoms with Crippen LogP contribution in [0.2, 0.25) is 5.02 Å². The van der Waals surface area contributed by atoms with Crippen LogP contribution in [-0.2, 0) is 6.54 Å². The molecule has 1 unspecified atom stereocenters. The van der Waals surface area contributed by atoms with E-state index in [1.165, 1.54) is 0 Å². The van der Waals surface area contributed by atoms with Gasteiger partial charge in [0.05, 0.1) is 19.2 Å². The van der Waals surface area contributed by atoms with Crippen molar-refractivity contribution >= 4 is 17.4 Å². The van der Waals surface area contributed by atoms with Gasteiger partial charge in [0.1, 0.15) is 17.3 Å². The number of hydrogen-bond donors (Lipinski definition) is 1. The molecule has 146 valence electrons. The van der Waals surface area contributed by atoms with Gasteiger partial charge >= 0.3 is 0 Å². The number of methoxy groups -OCH3 is 2. The first-order chi connectivity index (χ1) is 13.1. The molecule has 1 N–H and O–H groups in total. The highest BCUT2D eigenvalue weighted by Gasteiger charge is 2.27. The summed E-state index contributed by atoms with van der Waals surface area (Å²) in [4.78, 5) is 9.08. The second-order valence-corrected chi connectivity index (χ2v) is 7.07. The third-order valence-electron chi connectivity index (χ3n) is 4.90. The van der Waals surface area contributed by atoms with Gasteiger partial charge in [-0.1, -0.05) is 11.6 Å². The average molecular weight is 392 g/mol. The number of ether oxygens (including phenoxy) is 2. The fourth-order valence-corrected chi connectivity index (χ4v) is 3.59. The average Bonchev–Trinajstić information content (AvgIpc) is 2.69. The van der Waals surface area contributed by atoms with Crippen LogP contribution in [0.3, 0.4) is 0 Å². The van der Waals surface area contributed by atoms with Crippen LogP contribution in [0.4, 0.5) is 5.82 Å². The summed E-state index contributed by atoms with van der Waals surface area (Å²) in [6.07, 6.45) is 2.39. The molecule has 2 aromatic rings. The van der Waals surface area contributed by atoms with Crippen molar-refractivity contribution in [1.82, 2.24) is 9.88 Å². The van der Waals surface area contributed by atoms with E-state index in [-0.39, 0.29) is 12.6 Å². The van der Waals surface area contributed by atoms with E-state index in [2.05, 4.69) is 14.8 Å². The number of halogens is 1. The lowest BCUT2D eigenvalue weighted by Crippen LogP contribution is -2.53. The number of aliphatic hydroxyl groups excluding tert-OH is 1. The highest BCUT2D eigenvalue weighted by molar-refractivity contribution is 6.30. The largest absolute Gasteiger partial charge is 0.497 e. The molecule has 2 heterocycles. The summed E-state index contributed by atoms with van der Waals surface area (Å²) in [6.45, 7) is 3.51. The first kappa shape index (κ1) is 19.7. The molecule has 1 fully saturated rings. The number of aliphatic hydroxyl groups is 1. The van der Waals surface area contributed by atoms with E-state index < -0.39 is 0 Å². The highest BCUT2D eigenvalue weighted by Crippen LogP contribution is 2.26. The van der Waals surface area contributed by atoms with Crippen LogP contribution < -0.4 is 14.4 Å². The molecule has 1 aliphatic rings. The Hall–Kier alpha value is -2.02. The number of nitrogens with zero attached hydrogens (tertiary/aromatic N) is 3. The number of hydrogen-bond acceptors (Lipinski definition) is 6. The van der Waals surface area contributed by atoms with Gasteiger partial charge < -0.3 is 19.5 Å². The van der Waals surface area contributed by atoms with Gasteiger partial charge in [-0.05, 0) is 36.2 Å². The lowest BCUT2D eigenvalue weighted by Gasteiger charge is -2.42. The van der Waals surface area contributed by atoms with Crippen molar-refractivity contribution in [2.45, 2.75) is 19.0 Å². The lowest BCUT2D eigenvalue weighted by atomic mass is 10.1. The monoisotopic (exact) mass is 391 g/mol. The van der Waals surface area contributed by atoms with E-state index in [1.54, 1.807) is 20.4 Å². The maximum absolute atomic E-state index is 9.54. The maximum Gasteiger partial charge on any atom is 0.128 e. The van der Waals surface area contributed by atoms with Gasteiger partial charge in [0.25, 0.3) is 0 Å². The van der Waals surface area contributed by atoms with E-state index >= 15 is 0 Å². The minimum atomic E-state index is 0.157. The first-order valence-electron chi connectivity index (χ1n) is 9.06. The van der Waals surface area contributed by atoms with E-state index in [0.29, 0.717) is 11.4 Å². The zero-order valence-corrected chi connectivity index (χ0v) is 16.5. The highest BCUT2D eigenvalue weighted by atomic mass is 35.5. The van der Waals surface area contributed by atoms with E-state index in [4.69, 9.17) is 21.1 Å². The number of piperazine rings is 1. The van der Waals surface area contributed by atoms with Gasteiger partial charge in [-0.2, -0.15) is 0 Å². The molecule has 0 aliphatic carbocycles. The molecule has 6 nitrogen and oxygen atoms in total. The molecule has 7 heteroatoms. The summed E-state index contributed by atoms with van der Waals surface area (Å²) in [5, 5.41) is 10.2. The predicted molar refractivity (Wildman–Crippen MR) is 107 cm³/mol. The second kappa shape index (κ2) is 9.26. The number of aromatic nitrogens is 1. The van der Waals surface area contributed by atoms with Crippen LogP contribution in [0, 0.1) is 0 Å². The van der Waals surface area contributed by atoms with Crippen LogP contribution in [-0.4, -0.2) is 61.5 Å². The summed E-state index contributed by atoms with van der Waals surface area (Å²) >= 11 is 5.95. The Bertz CT molecular complexity index is 720. The molecule has 27 heavy (non-hydrogen) atoms. The van der Waals surface area contributed by atoms with Gasteiger partial charge in [-0.15, -0.1) is 0 Å². The van der Waals surface area contributed by atoms with Crippen molar-refractivity contribution in [2.75, 3.05) is 45.4 Å². The maximum atomic E-state index is 9.54. The van der Waals surface area contributed by atoms with Crippen LogP contribution in [0.15, 0.2) is 36.5 Å². The van der Waals surface area contributed by atoms with Crippen molar-refractivity contribution in [3.63, 3.8) is 0 Å². The minimum absolute atomic E-state index is 0.157. The van der Waals surface area contributed by atoms with Crippen LogP contribution >= 0.6 is 11.6 Å². The number of pyridine rings is 1. The summed E-state index contributed by atoms with van der Waals surface area (Å²) in [5.74, 6) is 2.49. The fourth-order valence-electron chi connectivity index (χ4n) is 3.48. The zero-order chi connectivity index (χ0) is 19.2. The second-order valence-electron chi connectivity index (χ2n) is 6.64. The predicted octanol–water partition coefficient (Wildman–Crippen LogP) is 2.83. The quantitative estimate of drug-likeness (QED) is 0.783. The van der Waals surface area contributed by atoms with E-state index in [0.717, 1.165) is 49.1 Å². The van der Waals surface area contributed by atoms with Crippen molar-refractivity contribution in [3.8, 4) is 11.5 Å². The van der Waals surface area contributed by atoms with Crippen LogP contribution in [0.5, 0.6) is 11.5 Å². The molecule has 1 saturated heterocycles. The number of rotatable bonds is 7. The first-order valence-corrected chi connectivity index (χ1v) is 9.44. The van der Waals surface area contributed by atoms with Gasteiger partial charge in [-0.3, -0.25) is 4.90 Å². The molecule has 0 spiro atoms. The van der Waals surface area contributed by atoms with E-state index in [1.807, 2.05) is 30.3 Å². The van der Waals surface area contributed by atoms with Gasteiger partial charge in [-0.25, -0.2) is 4.98 Å². The molecule has 1 aromatic carbocycles. The minimum Gasteiger partial charge on any atom is -0.497 e. The molecule has 0 radical (unpaired) electrons. The summed E-state index contributed by atoms with van der Waals surface area (Å²) < 4.78 is 10.8. The third-order valence-corrected chi connectivity index (χ3v) is 5.12. The molecule has 0 amide bonds. The molecule has 1 aromatic heterocycles. The summed E-state index contributed by atoms with van der Waals surface area (Å²) in [5.41, 5.74) is 1.13. The Labute approximate surface area is 165 Å². The van der Waals surface area contributed by atoms with Gasteiger partial charge in [0.15, 0.2) is 0 Å². The van der Waals surface area contributed by atoms with Crippen molar-refractivity contribution in [1.29, 1.82) is 0 Å². The third kappa shape index (κ3) is 5.03. The fraction of sp³-hybridized carbons (Fsp3) is 0.450.